The Morgan fingerprint density at radius 1 is 0.952 bits per heavy atom. The zero-order valence-electron chi connectivity index (χ0n) is 25.0. The van der Waals surface area contributed by atoms with Crippen molar-refractivity contribution in [3.63, 3.8) is 0 Å². The van der Waals surface area contributed by atoms with Gasteiger partial charge in [0.1, 0.15) is 5.82 Å². The van der Waals surface area contributed by atoms with Gasteiger partial charge < -0.3 is 20.6 Å². The Kier molecular flexibility index (Phi) is 8.69. The number of amides is 2. The molecule has 7 heteroatoms. The highest BCUT2D eigenvalue weighted by Crippen LogP contribution is 2.39. The number of piperidine rings is 1. The van der Waals surface area contributed by atoms with E-state index >= 15 is 0 Å². The molecule has 3 N–H and O–H groups in total. The first-order chi connectivity index (χ1) is 20.0. The number of hydrogen-bond acceptors (Lipinski definition) is 4. The van der Waals surface area contributed by atoms with Gasteiger partial charge in [-0.05, 0) is 91.5 Å². The molecule has 0 spiro atoms. The molecule has 3 aromatic rings. The summed E-state index contributed by atoms with van der Waals surface area (Å²) < 4.78 is 15.0. The molecule has 1 aliphatic carbocycles. The summed E-state index contributed by atoms with van der Waals surface area (Å²) in [6, 6.07) is 20.0. The fourth-order valence-corrected chi connectivity index (χ4v) is 6.36. The molecule has 2 aliphatic rings. The van der Waals surface area contributed by atoms with Gasteiger partial charge in [-0.25, -0.2) is 4.39 Å². The van der Waals surface area contributed by atoms with Gasteiger partial charge in [0.2, 0.25) is 5.91 Å². The van der Waals surface area contributed by atoms with Crippen molar-refractivity contribution in [3.05, 3.63) is 94.8 Å². The Morgan fingerprint density at radius 2 is 1.69 bits per heavy atom. The van der Waals surface area contributed by atoms with Crippen LogP contribution >= 0.6 is 0 Å². The molecule has 6 nitrogen and oxygen atoms in total. The Labute approximate surface area is 248 Å². The minimum Gasteiger partial charge on any atom is -0.393 e. The van der Waals surface area contributed by atoms with Gasteiger partial charge in [0.15, 0.2) is 0 Å². The Bertz CT molecular complexity index is 1410. The molecule has 1 saturated heterocycles. The summed E-state index contributed by atoms with van der Waals surface area (Å²) >= 11 is 0. The topological polar surface area (TPSA) is 81.7 Å². The lowest BCUT2D eigenvalue weighted by molar-refractivity contribution is -0.123. The number of likely N-dealkylation sites (tertiary alicyclic amines) is 1. The van der Waals surface area contributed by atoms with E-state index in [2.05, 4.69) is 37.5 Å². The number of rotatable bonds is 6. The van der Waals surface area contributed by atoms with E-state index in [-0.39, 0.29) is 29.0 Å². The van der Waals surface area contributed by atoms with Crippen LogP contribution in [0.2, 0.25) is 0 Å². The molecule has 2 amide bonds. The second-order valence-corrected chi connectivity index (χ2v) is 12.9. The molecule has 42 heavy (non-hydrogen) atoms. The normalized spacial score (nSPS) is 22.6. The van der Waals surface area contributed by atoms with Gasteiger partial charge >= 0.3 is 0 Å². The van der Waals surface area contributed by atoms with E-state index in [1.807, 2.05) is 42.5 Å². The van der Waals surface area contributed by atoms with Crippen LogP contribution in [0.4, 0.5) is 15.8 Å². The maximum Gasteiger partial charge on any atom is 0.257 e. The molecule has 5 rings (SSSR count). The molecule has 0 bridgehead atoms. The van der Waals surface area contributed by atoms with Crippen LogP contribution in [-0.4, -0.2) is 40.5 Å². The smallest absolute Gasteiger partial charge is 0.257 e. The predicted molar refractivity (Wildman–Crippen MR) is 165 cm³/mol. The van der Waals surface area contributed by atoms with Crippen molar-refractivity contribution < 1.29 is 19.1 Å². The zero-order chi connectivity index (χ0) is 30.0. The lowest BCUT2D eigenvalue weighted by Gasteiger charge is -2.41. The second-order valence-electron chi connectivity index (χ2n) is 12.9. The number of halogens is 1. The van der Waals surface area contributed by atoms with Crippen molar-refractivity contribution >= 4 is 23.2 Å². The fraction of sp³-hybridized carbons (Fsp3) is 0.429. The molecule has 3 unspecified atom stereocenters. The number of nitrogens with one attached hydrogen (secondary N) is 2. The van der Waals surface area contributed by atoms with Crippen molar-refractivity contribution in [1.29, 1.82) is 0 Å². The molecule has 4 atom stereocenters. The summed E-state index contributed by atoms with van der Waals surface area (Å²) in [5.74, 6) is -1.62. The zero-order valence-corrected chi connectivity index (χ0v) is 25.0. The van der Waals surface area contributed by atoms with Gasteiger partial charge in [-0.15, -0.1) is 0 Å². The van der Waals surface area contributed by atoms with Crippen molar-refractivity contribution in [2.45, 2.75) is 83.4 Å². The molecule has 0 aromatic heterocycles. The van der Waals surface area contributed by atoms with Crippen LogP contribution in [0, 0.1) is 18.7 Å². The van der Waals surface area contributed by atoms with E-state index in [9.17, 15) is 19.1 Å². The number of carbonyl (C=O) groups excluding carboxylic acids is 2. The summed E-state index contributed by atoms with van der Waals surface area (Å²) in [6.45, 7) is 8.56. The minimum atomic E-state index is -0.557. The first-order valence-electron chi connectivity index (χ1n) is 15.0. The van der Waals surface area contributed by atoms with Crippen molar-refractivity contribution in [3.8, 4) is 0 Å². The Morgan fingerprint density at radius 3 is 2.36 bits per heavy atom. The van der Waals surface area contributed by atoms with Crippen molar-refractivity contribution in [1.82, 2.24) is 4.90 Å². The quantitative estimate of drug-likeness (QED) is 0.298. The number of nitrogens with zero attached hydrogens (tertiary/aromatic N) is 1. The van der Waals surface area contributed by atoms with Crippen molar-refractivity contribution in [2.24, 2.45) is 5.92 Å². The van der Waals surface area contributed by atoms with Gasteiger partial charge in [0, 0.05) is 24.0 Å². The first kappa shape index (κ1) is 29.8. The number of carbonyl (C=O) groups is 2. The fourth-order valence-electron chi connectivity index (χ4n) is 6.36. The SMILES string of the molecule is Cc1cccc(F)c1C(=O)N1CCC[C@H](C(=O)Nc2cccc(C(C)(C)C)c2)C1c1ccc(NC2CCC(O)C2)cc1. The largest absolute Gasteiger partial charge is 0.393 e. The van der Waals surface area contributed by atoms with Gasteiger partial charge in [-0.2, -0.15) is 0 Å². The summed E-state index contributed by atoms with van der Waals surface area (Å²) in [4.78, 5) is 29.6. The Balaban J connectivity index is 1.46. The van der Waals surface area contributed by atoms with Crippen molar-refractivity contribution in [2.75, 3.05) is 17.2 Å². The molecule has 0 radical (unpaired) electrons. The van der Waals surface area contributed by atoms with Gasteiger partial charge in [0.25, 0.3) is 5.91 Å². The van der Waals surface area contributed by atoms with Gasteiger partial charge in [0.05, 0.1) is 23.6 Å². The van der Waals surface area contributed by atoms with Crippen LogP contribution in [0.15, 0.2) is 66.7 Å². The van der Waals surface area contributed by atoms with Gasteiger partial charge in [-0.3, -0.25) is 9.59 Å². The van der Waals surface area contributed by atoms with Crippen LogP contribution < -0.4 is 10.6 Å². The van der Waals surface area contributed by atoms with E-state index < -0.39 is 23.7 Å². The highest BCUT2D eigenvalue weighted by molar-refractivity contribution is 5.98. The van der Waals surface area contributed by atoms with Gasteiger partial charge in [-0.1, -0.05) is 57.2 Å². The predicted octanol–water partition coefficient (Wildman–Crippen LogP) is 6.99. The summed E-state index contributed by atoms with van der Waals surface area (Å²) in [7, 11) is 0. The third-order valence-electron chi connectivity index (χ3n) is 8.69. The average molecular weight is 572 g/mol. The lowest BCUT2D eigenvalue weighted by Crippen LogP contribution is -2.46. The monoisotopic (exact) mass is 571 g/mol. The molecular weight excluding hydrogens is 529 g/mol. The number of aliphatic hydroxyl groups is 1. The van der Waals surface area contributed by atoms with E-state index in [4.69, 9.17) is 0 Å². The maximum absolute atomic E-state index is 15.0. The summed E-state index contributed by atoms with van der Waals surface area (Å²) in [5.41, 5.74) is 4.15. The number of aryl methyl sites for hydroxylation is 1. The third kappa shape index (κ3) is 6.51. The molecule has 1 saturated carbocycles. The van der Waals surface area contributed by atoms with E-state index in [1.54, 1.807) is 24.0 Å². The molecular formula is C35H42FN3O3. The lowest BCUT2D eigenvalue weighted by atomic mass is 9.83. The number of anilines is 2. The van der Waals surface area contributed by atoms with Crippen LogP contribution in [0.3, 0.4) is 0 Å². The minimum absolute atomic E-state index is 0.0551. The second kappa shape index (κ2) is 12.3. The van der Waals surface area contributed by atoms with E-state index in [0.717, 1.165) is 35.3 Å². The molecule has 222 valence electrons. The Hall–Kier alpha value is -3.71. The molecule has 3 aromatic carbocycles. The highest BCUT2D eigenvalue weighted by Gasteiger charge is 2.40. The highest BCUT2D eigenvalue weighted by atomic mass is 19.1. The standard InChI is InChI=1S/C35H42FN3O3/c1-22-8-5-12-30(36)31(22)34(42)39-19-7-11-29(33(41)38-26-10-6-9-24(20-26)35(2,3)4)32(39)23-13-15-25(16-14-23)37-27-17-18-28(40)21-27/h5-6,8-10,12-16,20,27-29,32,37,40H,7,11,17-19,21H2,1-4H3,(H,38,41)/t27?,28?,29-,32?/m0/s1. The summed E-state index contributed by atoms with van der Waals surface area (Å²) in [5, 5.41) is 16.5. The number of hydrogen-bond donors (Lipinski definition) is 3. The van der Waals surface area contributed by atoms with E-state index in [0.29, 0.717) is 31.4 Å². The molecule has 1 heterocycles. The number of aliphatic hydroxyl groups excluding tert-OH is 1. The molecule has 2 fully saturated rings. The van der Waals surface area contributed by atoms with Crippen LogP contribution in [0.5, 0.6) is 0 Å². The van der Waals surface area contributed by atoms with Crippen LogP contribution in [-0.2, 0) is 10.2 Å². The first-order valence-corrected chi connectivity index (χ1v) is 15.0. The molecule has 1 aliphatic heterocycles. The maximum atomic E-state index is 15.0. The third-order valence-corrected chi connectivity index (χ3v) is 8.69. The number of benzene rings is 3. The average Bonchev–Trinajstić information content (AvgIpc) is 3.36. The summed E-state index contributed by atoms with van der Waals surface area (Å²) in [6.07, 6.45) is 3.39. The van der Waals surface area contributed by atoms with E-state index in [1.165, 1.54) is 6.07 Å². The van der Waals surface area contributed by atoms with Crippen LogP contribution in [0.25, 0.3) is 0 Å². The van der Waals surface area contributed by atoms with Crippen LogP contribution in [0.1, 0.15) is 86.0 Å².